The molecule has 0 saturated heterocycles. The number of benzene rings is 1. The molecule has 0 radical (unpaired) electrons. The predicted molar refractivity (Wildman–Crippen MR) is 53.4 cm³/mol. The van der Waals surface area contributed by atoms with Gasteiger partial charge >= 0.3 is 0 Å². The van der Waals surface area contributed by atoms with E-state index in [4.69, 9.17) is 22.0 Å². The van der Waals surface area contributed by atoms with Crippen LogP contribution < -0.4 is 0 Å². The Labute approximate surface area is 91.3 Å². The standard InChI is InChI=1S/C10H9ClFNO2/c1-10(2,4-13)5-3-6(11)9(15)7(12)8(5)14/h3,14-15H,1-2H3. The van der Waals surface area contributed by atoms with Gasteiger partial charge in [0.05, 0.1) is 16.5 Å². The molecule has 1 aromatic rings. The van der Waals surface area contributed by atoms with Crippen LogP contribution in [0, 0.1) is 17.1 Å². The first-order chi connectivity index (χ1) is 6.81. The molecule has 80 valence electrons. The van der Waals surface area contributed by atoms with E-state index in [0.29, 0.717) is 0 Å². The smallest absolute Gasteiger partial charge is 0.208 e. The van der Waals surface area contributed by atoms with Crippen molar-refractivity contribution in [2.75, 3.05) is 0 Å². The quantitative estimate of drug-likeness (QED) is 0.778. The molecule has 0 heterocycles. The number of nitrogens with zero attached hydrogens (tertiary/aromatic N) is 1. The molecule has 0 bridgehead atoms. The van der Waals surface area contributed by atoms with Gasteiger partial charge in [-0.3, -0.25) is 0 Å². The van der Waals surface area contributed by atoms with Gasteiger partial charge in [0.1, 0.15) is 0 Å². The van der Waals surface area contributed by atoms with E-state index in [-0.39, 0.29) is 10.6 Å². The minimum Gasteiger partial charge on any atom is -0.504 e. The van der Waals surface area contributed by atoms with Crippen LogP contribution in [-0.2, 0) is 5.41 Å². The Morgan fingerprint density at radius 3 is 2.40 bits per heavy atom. The van der Waals surface area contributed by atoms with E-state index in [0.717, 1.165) is 0 Å². The summed E-state index contributed by atoms with van der Waals surface area (Å²) in [6, 6.07) is 3.08. The first kappa shape index (κ1) is 11.6. The SMILES string of the molecule is CC(C)(C#N)c1cc(Cl)c(O)c(F)c1O. The molecule has 0 aliphatic heterocycles. The average molecular weight is 230 g/mol. The molecule has 0 saturated carbocycles. The lowest BCUT2D eigenvalue weighted by molar-refractivity contribution is 0.380. The first-order valence-electron chi connectivity index (χ1n) is 4.13. The summed E-state index contributed by atoms with van der Waals surface area (Å²) in [7, 11) is 0. The van der Waals surface area contributed by atoms with E-state index in [9.17, 15) is 9.50 Å². The second-order valence-electron chi connectivity index (χ2n) is 3.65. The Hall–Kier alpha value is -1.47. The summed E-state index contributed by atoms with van der Waals surface area (Å²) in [6.07, 6.45) is 0. The number of nitriles is 1. The van der Waals surface area contributed by atoms with Crippen LogP contribution in [0.1, 0.15) is 19.4 Å². The van der Waals surface area contributed by atoms with Crippen LogP contribution in [0.4, 0.5) is 4.39 Å². The number of phenolic OH excluding ortho intramolecular Hbond substituents is 2. The molecule has 1 aromatic carbocycles. The fraction of sp³-hybridized carbons (Fsp3) is 0.300. The fourth-order valence-corrected chi connectivity index (χ4v) is 1.33. The molecule has 0 unspecified atom stereocenters. The van der Waals surface area contributed by atoms with Crippen LogP contribution in [0.15, 0.2) is 6.07 Å². The zero-order valence-electron chi connectivity index (χ0n) is 8.17. The highest BCUT2D eigenvalue weighted by molar-refractivity contribution is 6.32. The molecule has 0 atom stereocenters. The van der Waals surface area contributed by atoms with Crippen molar-refractivity contribution in [1.82, 2.24) is 0 Å². The summed E-state index contributed by atoms with van der Waals surface area (Å²) < 4.78 is 13.2. The average Bonchev–Trinajstić information content (AvgIpc) is 2.20. The molecular weight excluding hydrogens is 221 g/mol. The molecule has 0 fully saturated rings. The summed E-state index contributed by atoms with van der Waals surface area (Å²) in [5.74, 6) is -2.77. The van der Waals surface area contributed by atoms with Gasteiger partial charge in [-0.05, 0) is 19.9 Å². The zero-order valence-corrected chi connectivity index (χ0v) is 8.93. The Morgan fingerprint density at radius 1 is 1.40 bits per heavy atom. The molecule has 0 aliphatic rings. The van der Waals surface area contributed by atoms with Crippen molar-refractivity contribution >= 4 is 11.6 Å². The first-order valence-corrected chi connectivity index (χ1v) is 4.50. The highest BCUT2D eigenvalue weighted by Gasteiger charge is 2.28. The minimum atomic E-state index is -1.21. The summed E-state index contributed by atoms with van der Waals surface area (Å²) >= 11 is 5.54. The van der Waals surface area contributed by atoms with Crippen LogP contribution >= 0.6 is 11.6 Å². The third kappa shape index (κ3) is 1.83. The van der Waals surface area contributed by atoms with Gasteiger partial charge in [-0.15, -0.1) is 0 Å². The third-order valence-corrected chi connectivity index (χ3v) is 2.41. The van der Waals surface area contributed by atoms with Gasteiger partial charge in [0.25, 0.3) is 0 Å². The monoisotopic (exact) mass is 229 g/mol. The van der Waals surface area contributed by atoms with Gasteiger partial charge in [0, 0.05) is 5.56 Å². The number of rotatable bonds is 1. The Kier molecular flexibility index (Phi) is 2.78. The van der Waals surface area contributed by atoms with Crippen molar-refractivity contribution in [2.45, 2.75) is 19.3 Å². The molecule has 0 aliphatic carbocycles. The van der Waals surface area contributed by atoms with Crippen LogP contribution in [0.5, 0.6) is 11.5 Å². The van der Waals surface area contributed by atoms with Crippen molar-refractivity contribution in [2.24, 2.45) is 0 Å². The number of hydrogen-bond acceptors (Lipinski definition) is 3. The van der Waals surface area contributed by atoms with Crippen molar-refractivity contribution < 1.29 is 14.6 Å². The lowest BCUT2D eigenvalue weighted by Gasteiger charge is -2.18. The molecule has 0 amide bonds. The van der Waals surface area contributed by atoms with Gasteiger partial charge in [-0.2, -0.15) is 9.65 Å². The Bertz CT molecular complexity index is 452. The molecular formula is C10H9ClFNO2. The maximum atomic E-state index is 13.2. The zero-order chi connectivity index (χ0) is 11.8. The third-order valence-electron chi connectivity index (χ3n) is 2.12. The number of phenols is 2. The van der Waals surface area contributed by atoms with Crippen molar-refractivity contribution in [3.8, 4) is 17.6 Å². The van der Waals surface area contributed by atoms with Crippen molar-refractivity contribution in [3.63, 3.8) is 0 Å². The van der Waals surface area contributed by atoms with Gasteiger partial charge in [0.15, 0.2) is 11.5 Å². The molecule has 1 rings (SSSR count). The molecule has 2 N–H and O–H groups in total. The van der Waals surface area contributed by atoms with Crippen LogP contribution in [0.25, 0.3) is 0 Å². The van der Waals surface area contributed by atoms with Crippen molar-refractivity contribution in [1.29, 1.82) is 5.26 Å². The van der Waals surface area contributed by atoms with Crippen LogP contribution in [0.2, 0.25) is 5.02 Å². The predicted octanol–water partition coefficient (Wildman–Crippen LogP) is 2.69. The second kappa shape index (κ2) is 3.59. The maximum Gasteiger partial charge on any atom is 0.208 e. The topological polar surface area (TPSA) is 64.2 Å². The van der Waals surface area contributed by atoms with Crippen molar-refractivity contribution in [3.05, 3.63) is 22.5 Å². The minimum absolute atomic E-state index is 0.0466. The van der Waals surface area contributed by atoms with Crippen LogP contribution in [-0.4, -0.2) is 10.2 Å². The van der Waals surface area contributed by atoms with E-state index in [1.165, 1.54) is 19.9 Å². The largest absolute Gasteiger partial charge is 0.504 e. The highest BCUT2D eigenvalue weighted by Crippen LogP contribution is 2.40. The van der Waals surface area contributed by atoms with Gasteiger partial charge < -0.3 is 10.2 Å². The van der Waals surface area contributed by atoms with E-state index in [2.05, 4.69) is 0 Å². The van der Waals surface area contributed by atoms with Crippen LogP contribution in [0.3, 0.4) is 0 Å². The van der Waals surface area contributed by atoms with Gasteiger partial charge in [-0.1, -0.05) is 11.6 Å². The normalized spacial score (nSPS) is 11.1. The summed E-state index contributed by atoms with van der Waals surface area (Å²) in [6.45, 7) is 3.02. The van der Waals surface area contributed by atoms with Gasteiger partial charge in [0.2, 0.25) is 5.82 Å². The fourth-order valence-electron chi connectivity index (χ4n) is 1.14. The lowest BCUT2D eigenvalue weighted by atomic mass is 9.85. The second-order valence-corrected chi connectivity index (χ2v) is 4.06. The Morgan fingerprint density at radius 2 is 1.93 bits per heavy atom. The summed E-state index contributed by atoms with van der Waals surface area (Å²) in [5, 5.41) is 27.1. The summed E-state index contributed by atoms with van der Waals surface area (Å²) in [5.41, 5.74) is -1.03. The molecule has 5 heteroatoms. The van der Waals surface area contributed by atoms with E-state index in [1.54, 1.807) is 0 Å². The molecule has 0 spiro atoms. The summed E-state index contributed by atoms with van der Waals surface area (Å²) in [4.78, 5) is 0. The van der Waals surface area contributed by atoms with E-state index < -0.39 is 22.7 Å². The number of halogens is 2. The number of aromatic hydroxyl groups is 2. The molecule has 3 nitrogen and oxygen atoms in total. The Balaban J connectivity index is 3.54. The van der Waals surface area contributed by atoms with Gasteiger partial charge in [-0.25, -0.2) is 0 Å². The number of hydrogen-bond donors (Lipinski definition) is 2. The van der Waals surface area contributed by atoms with E-state index in [1.807, 2.05) is 6.07 Å². The highest BCUT2D eigenvalue weighted by atomic mass is 35.5. The van der Waals surface area contributed by atoms with E-state index >= 15 is 0 Å². The maximum absolute atomic E-state index is 13.2. The molecule has 0 aromatic heterocycles. The lowest BCUT2D eigenvalue weighted by Crippen LogP contribution is -2.14. The molecule has 15 heavy (non-hydrogen) atoms.